The summed E-state index contributed by atoms with van der Waals surface area (Å²) in [6.45, 7) is 9.31. The third-order valence-electron chi connectivity index (χ3n) is 6.90. The number of benzene rings is 2. The Kier molecular flexibility index (Phi) is 9.79. The maximum atomic E-state index is 13.3. The van der Waals surface area contributed by atoms with E-state index in [1.54, 1.807) is 29.2 Å². The largest absolute Gasteiger partial charge is 0.507 e. The van der Waals surface area contributed by atoms with Crippen molar-refractivity contribution in [3.63, 3.8) is 0 Å². The van der Waals surface area contributed by atoms with E-state index in [0.717, 1.165) is 32.5 Å². The van der Waals surface area contributed by atoms with E-state index >= 15 is 0 Å². The molecule has 0 bridgehead atoms. The number of carbonyl (C=O) groups is 2. The summed E-state index contributed by atoms with van der Waals surface area (Å²) in [6, 6.07) is 13.7. The maximum Gasteiger partial charge on any atom is 0.295 e. The van der Waals surface area contributed by atoms with E-state index < -0.39 is 17.7 Å². The van der Waals surface area contributed by atoms with Crippen molar-refractivity contribution in [1.29, 1.82) is 0 Å². The minimum absolute atomic E-state index is 0.0923. The molecule has 2 saturated heterocycles. The minimum atomic E-state index is -0.733. The molecule has 1 amide bonds. The molecule has 38 heavy (non-hydrogen) atoms. The molecule has 1 atom stereocenters. The lowest BCUT2D eigenvalue weighted by molar-refractivity contribution is -0.140. The van der Waals surface area contributed by atoms with Gasteiger partial charge in [-0.3, -0.25) is 14.5 Å². The fourth-order valence-electron chi connectivity index (χ4n) is 4.91. The van der Waals surface area contributed by atoms with Gasteiger partial charge in [0.1, 0.15) is 5.76 Å². The first kappa shape index (κ1) is 27.7. The molecule has 0 saturated carbocycles. The highest BCUT2D eigenvalue weighted by Gasteiger charge is 2.46. The van der Waals surface area contributed by atoms with Gasteiger partial charge in [-0.05, 0) is 37.5 Å². The molecule has 8 heteroatoms. The predicted octanol–water partition coefficient (Wildman–Crippen LogP) is 4.41. The quantitative estimate of drug-likeness (QED) is 0.191. The molecule has 1 unspecified atom stereocenters. The Bertz CT molecular complexity index is 1130. The van der Waals surface area contributed by atoms with Crippen LogP contribution in [0.25, 0.3) is 5.76 Å². The van der Waals surface area contributed by atoms with E-state index in [0.29, 0.717) is 62.0 Å². The minimum Gasteiger partial charge on any atom is -0.507 e. The standard InChI is InChI=1S/C30H38N2O6/c1-3-5-18-38-24-13-12-23(21-25(24)37-4-2)27-26(28(33)22-10-7-6-8-11-22)29(34)30(35)32(27)15-9-14-31-16-19-36-20-17-31/h6-8,10-13,21,27,33H,3-5,9,14-20H2,1-2H3/b28-26+. The van der Waals surface area contributed by atoms with Crippen molar-refractivity contribution in [2.24, 2.45) is 0 Å². The first-order valence-corrected chi connectivity index (χ1v) is 13.6. The van der Waals surface area contributed by atoms with Crippen LogP contribution in [0.5, 0.6) is 11.5 Å². The van der Waals surface area contributed by atoms with Crippen molar-refractivity contribution in [2.75, 3.05) is 52.6 Å². The zero-order valence-corrected chi connectivity index (χ0v) is 22.4. The molecule has 2 aromatic rings. The van der Waals surface area contributed by atoms with Gasteiger partial charge in [-0.15, -0.1) is 0 Å². The highest BCUT2D eigenvalue weighted by Crippen LogP contribution is 2.42. The lowest BCUT2D eigenvalue weighted by atomic mass is 9.95. The van der Waals surface area contributed by atoms with E-state index in [9.17, 15) is 14.7 Å². The summed E-state index contributed by atoms with van der Waals surface area (Å²) in [7, 11) is 0. The fraction of sp³-hybridized carbons (Fsp3) is 0.467. The normalized spacial score (nSPS) is 19.6. The van der Waals surface area contributed by atoms with Crippen LogP contribution in [0.4, 0.5) is 0 Å². The molecule has 2 aliphatic rings. The number of carbonyl (C=O) groups excluding carboxylic acids is 2. The van der Waals surface area contributed by atoms with Gasteiger partial charge in [0, 0.05) is 31.7 Å². The predicted molar refractivity (Wildman–Crippen MR) is 145 cm³/mol. The molecule has 204 valence electrons. The number of hydrogen-bond donors (Lipinski definition) is 1. The third kappa shape index (κ3) is 6.37. The third-order valence-corrected chi connectivity index (χ3v) is 6.90. The Hall–Kier alpha value is -3.36. The molecule has 4 rings (SSSR count). The van der Waals surface area contributed by atoms with Crippen molar-refractivity contribution < 1.29 is 28.9 Å². The van der Waals surface area contributed by atoms with Crippen LogP contribution in [0.3, 0.4) is 0 Å². The van der Waals surface area contributed by atoms with Crippen LogP contribution in [0.1, 0.15) is 50.3 Å². The maximum absolute atomic E-state index is 13.3. The molecule has 0 aliphatic carbocycles. The van der Waals surface area contributed by atoms with Crippen LogP contribution in [-0.4, -0.2) is 79.2 Å². The number of rotatable bonds is 12. The molecular weight excluding hydrogens is 484 g/mol. The summed E-state index contributed by atoms with van der Waals surface area (Å²) < 4.78 is 17.3. The van der Waals surface area contributed by atoms with Crippen LogP contribution in [0.2, 0.25) is 0 Å². The second kappa shape index (κ2) is 13.4. The van der Waals surface area contributed by atoms with Gasteiger partial charge in [0.25, 0.3) is 11.7 Å². The monoisotopic (exact) mass is 522 g/mol. The van der Waals surface area contributed by atoms with Crippen LogP contribution in [0, 0.1) is 0 Å². The Morgan fingerprint density at radius 1 is 0.974 bits per heavy atom. The summed E-state index contributed by atoms with van der Waals surface area (Å²) in [5, 5.41) is 11.3. The number of nitrogens with zero attached hydrogens (tertiary/aromatic N) is 2. The van der Waals surface area contributed by atoms with E-state index in [1.165, 1.54) is 0 Å². The molecule has 0 radical (unpaired) electrons. The number of likely N-dealkylation sites (tertiary alicyclic amines) is 1. The molecule has 8 nitrogen and oxygen atoms in total. The molecular formula is C30H38N2O6. The molecule has 0 spiro atoms. The lowest BCUT2D eigenvalue weighted by Gasteiger charge is -2.29. The van der Waals surface area contributed by atoms with Crippen LogP contribution < -0.4 is 9.47 Å². The van der Waals surface area contributed by atoms with Gasteiger partial charge in [-0.2, -0.15) is 0 Å². The summed E-state index contributed by atoms with van der Waals surface area (Å²) in [5.74, 6) is -0.276. The van der Waals surface area contributed by atoms with Crippen molar-refractivity contribution in [3.05, 3.63) is 65.2 Å². The smallest absolute Gasteiger partial charge is 0.295 e. The van der Waals surface area contributed by atoms with Gasteiger partial charge in [-0.25, -0.2) is 0 Å². The van der Waals surface area contributed by atoms with Gasteiger partial charge in [0.05, 0.1) is 38.0 Å². The fourth-order valence-corrected chi connectivity index (χ4v) is 4.91. The SMILES string of the molecule is CCCCOc1ccc(C2/C(=C(\O)c3ccccc3)C(=O)C(=O)N2CCCN2CCOCC2)cc1OCC. The number of amides is 1. The van der Waals surface area contributed by atoms with Crippen molar-refractivity contribution in [1.82, 2.24) is 9.80 Å². The van der Waals surface area contributed by atoms with Crippen LogP contribution >= 0.6 is 0 Å². The van der Waals surface area contributed by atoms with Crippen molar-refractivity contribution in [2.45, 2.75) is 39.2 Å². The topological polar surface area (TPSA) is 88.5 Å². The number of ketones is 1. The Balaban J connectivity index is 1.69. The second-order valence-electron chi connectivity index (χ2n) is 9.51. The Morgan fingerprint density at radius 3 is 2.45 bits per heavy atom. The highest BCUT2D eigenvalue weighted by molar-refractivity contribution is 6.46. The van der Waals surface area contributed by atoms with Gasteiger partial charge in [0.2, 0.25) is 0 Å². The molecule has 2 heterocycles. The average Bonchev–Trinajstić information content (AvgIpc) is 3.20. The zero-order valence-electron chi connectivity index (χ0n) is 22.4. The summed E-state index contributed by atoms with van der Waals surface area (Å²) in [6.07, 6.45) is 2.64. The summed E-state index contributed by atoms with van der Waals surface area (Å²) in [4.78, 5) is 30.5. The van der Waals surface area contributed by atoms with Gasteiger partial charge < -0.3 is 24.2 Å². The molecule has 1 N–H and O–H groups in total. The second-order valence-corrected chi connectivity index (χ2v) is 9.51. The van der Waals surface area contributed by atoms with E-state index in [2.05, 4.69) is 11.8 Å². The van der Waals surface area contributed by atoms with Gasteiger partial charge in [-0.1, -0.05) is 49.7 Å². The molecule has 2 aromatic carbocycles. The van der Waals surface area contributed by atoms with Gasteiger partial charge in [0.15, 0.2) is 11.5 Å². The Morgan fingerprint density at radius 2 is 1.74 bits per heavy atom. The number of morpholine rings is 1. The number of aliphatic hydroxyl groups excluding tert-OH is 1. The molecule has 0 aromatic heterocycles. The highest BCUT2D eigenvalue weighted by atomic mass is 16.5. The number of hydrogen-bond acceptors (Lipinski definition) is 7. The van der Waals surface area contributed by atoms with Crippen molar-refractivity contribution in [3.8, 4) is 11.5 Å². The van der Waals surface area contributed by atoms with E-state index in [-0.39, 0.29) is 11.3 Å². The lowest BCUT2D eigenvalue weighted by Crippen LogP contribution is -2.39. The number of Topliss-reactive ketones (excluding diaryl/α,β-unsaturated/α-hetero) is 1. The average molecular weight is 523 g/mol. The molecule has 2 fully saturated rings. The first-order valence-electron chi connectivity index (χ1n) is 13.6. The van der Waals surface area contributed by atoms with Crippen LogP contribution in [0.15, 0.2) is 54.1 Å². The Labute approximate surface area is 224 Å². The van der Waals surface area contributed by atoms with E-state index in [4.69, 9.17) is 14.2 Å². The zero-order chi connectivity index (χ0) is 26.9. The summed E-state index contributed by atoms with van der Waals surface area (Å²) in [5.41, 5.74) is 1.28. The first-order chi connectivity index (χ1) is 18.5. The number of aliphatic hydroxyl groups is 1. The van der Waals surface area contributed by atoms with E-state index in [1.807, 2.05) is 31.2 Å². The van der Waals surface area contributed by atoms with Crippen molar-refractivity contribution >= 4 is 17.4 Å². The van der Waals surface area contributed by atoms with Gasteiger partial charge >= 0.3 is 0 Å². The molecule has 2 aliphatic heterocycles. The number of ether oxygens (including phenoxy) is 3. The summed E-state index contributed by atoms with van der Waals surface area (Å²) >= 11 is 0. The number of unbranched alkanes of at least 4 members (excludes halogenated alkanes) is 1. The van der Waals surface area contributed by atoms with Crippen LogP contribution in [-0.2, 0) is 14.3 Å².